The Morgan fingerprint density at radius 1 is 0.761 bits per heavy atom. The molecule has 9 N–H and O–H groups in total. The van der Waals surface area contributed by atoms with Crippen molar-refractivity contribution in [3.63, 3.8) is 0 Å². The number of hydrogen-bond acceptors (Lipinski definition) is 11. The Labute approximate surface area is 270 Å². The number of benzene rings is 2. The van der Waals surface area contributed by atoms with E-state index in [4.69, 9.17) is 0 Å². The van der Waals surface area contributed by atoms with Crippen LogP contribution in [0.15, 0.2) is 36.5 Å². The van der Waals surface area contributed by atoms with E-state index in [1.807, 2.05) is 38.3 Å². The lowest BCUT2D eigenvalue weighted by molar-refractivity contribution is -0.123. The van der Waals surface area contributed by atoms with E-state index < -0.39 is 50.1 Å². The van der Waals surface area contributed by atoms with Gasteiger partial charge in [0.25, 0.3) is 0 Å². The predicted molar refractivity (Wildman–Crippen MR) is 175 cm³/mol. The Kier molecular flexibility index (Phi) is 14.7. The molecule has 0 bridgehead atoms. The summed E-state index contributed by atoms with van der Waals surface area (Å²) in [4.78, 5) is 29.2. The van der Waals surface area contributed by atoms with Crippen molar-refractivity contribution in [3.05, 3.63) is 58.8 Å². The Balaban J connectivity index is 1.78. The molecule has 2 amide bonds. The third kappa shape index (κ3) is 10.7. The van der Waals surface area contributed by atoms with Crippen molar-refractivity contribution < 1.29 is 40.2 Å². The topological polar surface area (TPSA) is 198 Å². The number of nitrogens with zero attached hydrogens (tertiary/aromatic N) is 2. The van der Waals surface area contributed by atoms with Crippen LogP contribution in [0.3, 0.4) is 0 Å². The number of nitrogens with one attached hydrogen (secondary N) is 3. The Morgan fingerprint density at radius 2 is 1.24 bits per heavy atom. The largest absolute Gasteiger partial charge is 0.505 e. The van der Waals surface area contributed by atoms with Crippen LogP contribution in [0.2, 0.25) is 0 Å². The van der Waals surface area contributed by atoms with Crippen molar-refractivity contribution in [2.45, 2.75) is 39.8 Å². The Bertz CT molecular complexity index is 1330. The van der Waals surface area contributed by atoms with Crippen molar-refractivity contribution in [1.29, 1.82) is 0 Å². The van der Waals surface area contributed by atoms with Crippen LogP contribution in [0.25, 0.3) is 0 Å². The van der Waals surface area contributed by atoms with Crippen LogP contribution in [0.1, 0.15) is 35.1 Å². The van der Waals surface area contributed by atoms with Gasteiger partial charge in [-0.25, -0.2) is 0 Å². The summed E-state index contributed by atoms with van der Waals surface area (Å²) >= 11 is 0. The van der Waals surface area contributed by atoms with Gasteiger partial charge in [0, 0.05) is 43.9 Å². The van der Waals surface area contributed by atoms with Crippen LogP contribution in [0, 0.1) is 25.7 Å². The number of carbonyl (C=O) groups excluding carboxylic acids is 2. The molecule has 0 spiro atoms. The molecule has 0 fully saturated rings. The molecule has 13 nitrogen and oxygen atoms in total. The number of phenols is 2. The summed E-state index contributed by atoms with van der Waals surface area (Å²) in [5, 5.41) is 68.2. The predicted octanol–water partition coefficient (Wildman–Crippen LogP) is 0.995. The molecule has 254 valence electrons. The Morgan fingerprint density at radius 3 is 1.74 bits per heavy atom. The van der Waals surface area contributed by atoms with Crippen molar-refractivity contribution >= 4 is 23.2 Å². The number of aliphatic hydroxyl groups excluding tert-OH is 4. The van der Waals surface area contributed by atoms with Crippen LogP contribution in [0.5, 0.6) is 11.5 Å². The molecule has 3 rings (SSSR count). The summed E-state index contributed by atoms with van der Waals surface area (Å²) in [6.07, 6.45) is 5.77. The molecule has 0 saturated carbocycles. The molecule has 2 aromatic rings. The lowest BCUT2D eigenvalue weighted by Crippen LogP contribution is -2.31. The second-order valence-corrected chi connectivity index (χ2v) is 11.8. The zero-order chi connectivity index (χ0) is 33.6. The van der Waals surface area contributed by atoms with Gasteiger partial charge in [0.05, 0.1) is 49.6 Å². The van der Waals surface area contributed by atoms with Gasteiger partial charge in [0.15, 0.2) is 0 Å². The highest BCUT2D eigenvalue weighted by atomic mass is 16.3. The summed E-state index contributed by atoms with van der Waals surface area (Å²) in [6.45, 7) is 6.10. The first kappa shape index (κ1) is 36.7. The molecule has 0 atom stereocenters. The lowest BCUT2D eigenvalue weighted by atomic mass is 10.1. The highest BCUT2D eigenvalue weighted by molar-refractivity contribution is 5.95. The van der Waals surface area contributed by atoms with Crippen molar-refractivity contribution in [3.8, 4) is 11.5 Å². The molecule has 0 unspecified atom stereocenters. The highest BCUT2D eigenvalue weighted by Gasteiger charge is 2.21. The molecular weight excluding hydrogens is 594 g/mol. The molecule has 0 aliphatic carbocycles. The van der Waals surface area contributed by atoms with E-state index in [0.717, 1.165) is 43.6 Å². The monoisotopic (exact) mass is 643 g/mol. The fraction of sp³-hybridized carbons (Fsp3) is 0.515. The number of hydrogen-bond donors (Lipinski definition) is 9. The van der Waals surface area contributed by atoms with E-state index in [2.05, 4.69) is 25.8 Å². The molecule has 1 heterocycles. The smallest absolute Gasteiger partial charge is 0.232 e. The third-order valence-corrected chi connectivity index (χ3v) is 7.88. The average Bonchev–Trinajstić information content (AvgIpc) is 3.01. The normalized spacial score (nSPS) is 15.8. The van der Waals surface area contributed by atoms with Gasteiger partial charge in [0.2, 0.25) is 11.8 Å². The number of carbonyl (C=O) groups is 2. The minimum Gasteiger partial charge on any atom is -0.505 e. The maximum atomic E-state index is 12.4. The number of anilines is 2. The quantitative estimate of drug-likeness (QED) is 0.150. The lowest BCUT2D eigenvalue weighted by Gasteiger charge is -2.26. The molecule has 13 heteroatoms. The van der Waals surface area contributed by atoms with Gasteiger partial charge < -0.3 is 51.5 Å². The van der Waals surface area contributed by atoms with E-state index in [1.165, 1.54) is 0 Å². The second kappa shape index (κ2) is 18.4. The number of amides is 2. The van der Waals surface area contributed by atoms with Crippen LogP contribution < -0.4 is 16.0 Å². The van der Waals surface area contributed by atoms with Crippen LogP contribution in [0.4, 0.5) is 11.4 Å². The van der Waals surface area contributed by atoms with Gasteiger partial charge in [0.1, 0.15) is 11.5 Å². The van der Waals surface area contributed by atoms with Crippen LogP contribution in [-0.4, -0.2) is 111 Å². The van der Waals surface area contributed by atoms with E-state index in [9.17, 15) is 40.2 Å². The maximum absolute atomic E-state index is 12.4. The van der Waals surface area contributed by atoms with Crippen molar-refractivity contribution in [1.82, 2.24) is 15.1 Å². The summed E-state index contributed by atoms with van der Waals surface area (Å²) < 4.78 is 0. The van der Waals surface area contributed by atoms with E-state index in [1.54, 1.807) is 12.1 Å². The van der Waals surface area contributed by atoms with Gasteiger partial charge in [-0.15, -0.1) is 0 Å². The number of phenolic OH excluding ortho intramolecular Hbond substituents is 2. The minimum atomic E-state index is -0.992. The maximum Gasteiger partial charge on any atom is 0.232 e. The first-order valence-corrected chi connectivity index (χ1v) is 15.6. The first-order chi connectivity index (χ1) is 22.1. The molecule has 2 aromatic carbocycles. The van der Waals surface area contributed by atoms with Gasteiger partial charge in [-0.05, 0) is 69.2 Å². The van der Waals surface area contributed by atoms with Crippen LogP contribution in [-0.2, 0) is 22.7 Å². The van der Waals surface area contributed by atoms with E-state index in [0.29, 0.717) is 37.3 Å². The first-order valence-electron chi connectivity index (χ1n) is 15.6. The number of rotatable bonds is 12. The van der Waals surface area contributed by atoms with Crippen molar-refractivity contribution in [2.75, 3.05) is 69.8 Å². The van der Waals surface area contributed by atoms with Gasteiger partial charge in [-0.3, -0.25) is 14.5 Å². The zero-order valence-corrected chi connectivity index (χ0v) is 26.7. The van der Waals surface area contributed by atoms with Crippen LogP contribution >= 0.6 is 0 Å². The molecule has 46 heavy (non-hydrogen) atoms. The van der Waals surface area contributed by atoms with Gasteiger partial charge in [-0.2, -0.15) is 0 Å². The van der Waals surface area contributed by atoms with Gasteiger partial charge in [-0.1, -0.05) is 18.2 Å². The number of aryl methyl sites for hydroxylation is 2. The average molecular weight is 644 g/mol. The fourth-order valence-electron chi connectivity index (χ4n) is 5.26. The number of aliphatic hydroxyl groups is 4. The summed E-state index contributed by atoms with van der Waals surface area (Å²) in [7, 11) is 0. The summed E-state index contributed by atoms with van der Waals surface area (Å²) in [5.74, 6) is -3.28. The van der Waals surface area contributed by atoms with E-state index >= 15 is 0 Å². The van der Waals surface area contributed by atoms with Gasteiger partial charge >= 0.3 is 0 Å². The highest BCUT2D eigenvalue weighted by Crippen LogP contribution is 2.32. The van der Waals surface area contributed by atoms with E-state index in [-0.39, 0.29) is 22.9 Å². The summed E-state index contributed by atoms with van der Waals surface area (Å²) in [5.41, 5.74) is 3.35. The number of aromatic hydroxyl groups is 2. The SMILES string of the molecule is Cc1cc(CN2/C=C\CN(Cc3cc(C)cc(NC(=O)C(CO)CO)c3O)CCCNCCC2)c(O)c(NC(=O)C(CO)CO)c1. The minimum absolute atomic E-state index is 0.0643. The zero-order valence-electron chi connectivity index (χ0n) is 26.7. The third-order valence-electron chi connectivity index (χ3n) is 7.88. The molecule has 1 aliphatic rings. The van der Waals surface area contributed by atoms with Crippen molar-refractivity contribution in [2.24, 2.45) is 11.8 Å². The Hall–Kier alpha value is -3.72. The fourth-order valence-corrected chi connectivity index (χ4v) is 5.26. The molecule has 0 radical (unpaired) electrons. The summed E-state index contributed by atoms with van der Waals surface area (Å²) in [6, 6.07) is 7.02. The standard InChI is InChI=1S/C33H49N5O8/c1-22-12-24(30(43)28(14-22)35-32(45)26(18-39)19-40)16-37-8-3-6-34-7-4-9-38(11-5-10-37)17-25-13-23(2)15-29(31(25)44)36-33(46)27(20-41)21-42/h5,10,12-15,26-27,34,39-44H,3-4,6-9,11,16-21H2,1-2H3,(H,35,45)(H,36,46)/b10-5-. The molecule has 0 aromatic heterocycles. The molecule has 1 aliphatic heterocycles. The molecular formula is C33H49N5O8. The second-order valence-electron chi connectivity index (χ2n) is 11.8. The molecule has 0 saturated heterocycles.